The third-order valence-electron chi connectivity index (χ3n) is 2.65. The molecule has 0 fully saturated rings. The Labute approximate surface area is 115 Å². The summed E-state index contributed by atoms with van der Waals surface area (Å²) in [6.45, 7) is 0.564. The SMILES string of the molecule is CNCc1ccc(Oc2ccc([N+](=O)[O-])cc2)c(F)c1. The minimum absolute atomic E-state index is 0.0396. The van der Waals surface area contributed by atoms with Gasteiger partial charge in [0, 0.05) is 18.7 Å². The highest BCUT2D eigenvalue weighted by Crippen LogP contribution is 2.26. The number of halogens is 1. The van der Waals surface area contributed by atoms with Gasteiger partial charge in [-0.05, 0) is 36.9 Å². The number of nitro benzene ring substituents is 1. The van der Waals surface area contributed by atoms with Crippen LogP contribution in [0.25, 0.3) is 0 Å². The summed E-state index contributed by atoms with van der Waals surface area (Å²) in [5, 5.41) is 13.4. The molecule has 0 aromatic heterocycles. The van der Waals surface area contributed by atoms with Gasteiger partial charge in [-0.2, -0.15) is 0 Å². The van der Waals surface area contributed by atoms with Crippen LogP contribution in [0.4, 0.5) is 10.1 Å². The Morgan fingerprint density at radius 1 is 1.25 bits per heavy atom. The van der Waals surface area contributed by atoms with Crippen molar-refractivity contribution in [2.24, 2.45) is 0 Å². The molecule has 6 heteroatoms. The molecular weight excluding hydrogens is 263 g/mol. The van der Waals surface area contributed by atoms with Crippen molar-refractivity contribution in [1.82, 2.24) is 5.32 Å². The van der Waals surface area contributed by atoms with E-state index in [1.54, 1.807) is 13.1 Å². The average molecular weight is 276 g/mol. The fourth-order valence-electron chi connectivity index (χ4n) is 1.70. The molecule has 0 heterocycles. The zero-order valence-electron chi connectivity index (χ0n) is 10.8. The number of rotatable bonds is 5. The van der Waals surface area contributed by atoms with E-state index in [0.29, 0.717) is 12.3 Å². The van der Waals surface area contributed by atoms with Crippen molar-refractivity contribution in [3.8, 4) is 11.5 Å². The molecule has 0 bridgehead atoms. The zero-order chi connectivity index (χ0) is 14.5. The Hall–Kier alpha value is -2.47. The Morgan fingerprint density at radius 2 is 1.95 bits per heavy atom. The van der Waals surface area contributed by atoms with Gasteiger partial charge in [-0.25, -0.2) is 4.39 Å². The van der Waals surface area contributed by atoms with Crippen molar-refractivity contribution in [1.29, 1.82) is 0 Å². The summed E-state index contributed by atoms with van der Waals surface area (Å²) < 4.78 is 19.2. The van der Waals surface area contributed by atoms with Crippen molar-refractivity contribution in [3.05, 3.63) is 64.0 Å². The van der Waals surface area contributed by atoms with Crippen LogP contribution in [-0.4, -0.2) is 12.0 Å². The summed E-state index contributed by atoms with van der Waals surface area (Å²) in [4.78, 5) is 10.0. The molecule has 0 aliphatic heterocycles. The third kappa shape index (κ3) is 3.30. The van der Waals surface area contributed by atoms with Gasteiger partial charge in [-0.1, -0.05) is 6.07 Å². The van der Waals surface area contributed by atoms with Gasteiger partial charge in [-0.3, -0.25) is 10.1 Å². The summed E-state index contributed by atoms with van der Waals surface area (Å²) >= 11 is 0. The number of hydrogen-bond donors (Lipinski definition) is 1. The molecular formula is C14H13FN2O3. The van der Waals surface area contributed by atoms with Gasteiger partial charge in [0.05, 0.1) is 4.92 Å². The first kappa shape index (κ1) is 14.0. The molecule has 0 aliphatic rings. The molecule has 5 nitrogen and oxygen atoms in total. The van der Waals surface area contributed by atoms with Crippen LogP contribution in [0.1, 0.15) is 5.56 Å². The quantitative estimate of drug-likeness (QED) is 0.672. The highest BCUT2D eigenvalue weighted by atomic mass is 19.1. The fraction of sp³-hybridized carbons (Fsp3) is 0.143. The van der Waals surface area contributed by atoms with Crippen LogP contribution in [0.15, 0.2) is 42.5 Å². The van der Waals surface area contributed by atoms with Crippen LogP contribution in [0.5, 0.6) is 11.5 Å². The van der Waals surface area contributed by atoms with Crippen LogP contribution in [0.3, 0.4) is 0 Å². The number of nitrogens with zero attached hydrogens (tertiary/aromatic N) is 1. The van der Waals surface area contributed by atoms with Gasteiger partial charge >= 0.3 is 0 Å². The summed E-state index contributed by atoms with van der Waals surface area (Å²) in [7, 11) is 1.78. The molecule has 2 rings (SSSR count). The molecule has 0 aliphatic carbocycles. The molecule has 0 saturated heterocycles. The molecule has 0 saturated carbocycles. The molecule has 0 unspecified atom stereocenters. The second-order valence-electron chi connectivity index (χ2n) is 4.15. The summed E-state index contributed by atoms with van der Waals surface area (Å²) in [5.41, 5.74) is 0.767. The minimum atomic E-state index is -0.503. The minimum Gasteiger partial charge on any atom is -0.454 e. The molecule has 20 heavy (non-hydrogen) atoms. The normalized spacial score (nSPS) is 10.3. The van der Waals surface area contributed by atoms with Crippen molar-refractivity contribution >= 4 is 5.69 Å². The second-order valence-corrected chi connectivity index (χ2v) is 4.15. The van der Waals surface area contributed by atoms with E-state index >= 15 is 0 Å². The monoisotopic (exact) mass is 276 g/mol. The van der Waals surface area contributed by atoms with Crippen LogP contribution in [0.2, 0.25) is 0 Å². The predicted octanol–water partition coefficient (Wildman–Crippen LogP) is 3.25. The van der Waals surface area contributed by atoms with Gasteiger partial charge in [0.15, 0.2) is 11.6 Å². The third-order valence-corrected chi connectivity index (χ3v) is 2.65. The maximum Gasteiger partial charge on any atom is 0.269 e. The van der Waals surface area contributed by atoms with E-state index in [2.05, 4.69) is 5.32 Å². The Bertz CT molecular complexity index is 614. The maximum atomic E-state index is 13.8. The van der Waals surface area contributed by atoms with Crippen LogP contribution in [-0.2, 0) is 6.54 Å². The van der Waals surface area contributed by atoms with E-state index in [1.807, 2.05) is 0 Å². The molecule has 104 valence electrons. The fourth-order valence-corrected chi connectivity index (χ4v) is 1.70. The van der Waals surface area contributed by atoms with Crippen LogP contribution < -0.4 is 10.1 Å². The van der Waals surface area contributed by atoms with Gasteiger partial charge < -0.3 is 10.1 Å². The molecule has 2 aromatic carbocycles. The van der Waals surface area contributed by atoms with E-state index in [-0.39, 0.29) is 11.4 Å². The van der Waals surface area contributed by atoms with E-state index in [9.17, 15) is 14.5 Å². The highest BCUT2D eigenvalue weighted by molar-refractivity contribution is 5.39. The average Bonchev–Trinajstić information content (AvgIpc) is 2.43. The topological polar surface area (TPSA) is 64.4 Å². The summed E-state index contributed by atoms with van der Waals surface area (Å²) in [6, 6.07) is 10.1. The van der Waals surface area contributed by atoms with Gasteiger partial charge in [0.25, 0.3) is 5.69 Å². The molecule has 0 spiro atoms. The zero-order valence-corrected chi connectivity index (χ0v) is 10.8. The first-order valence-electron chi connectivity index (χ1n) is 5.95. The van der Waals surface area contributed by atoms with Crippen molar-refractivity contribution < 1.29 is 14.1 Å². The van der Waals surface area contributed by atoms with Gasteiger partial charge in [0.1, 0.15) is 5.75 Å². The molecule has 0 radical (unpaired) electrons. The predicted molar refractivity (Wildman–Crippen MR) is 72.3 cm³/mol. The van der Waals surface area contributed by atoms with Crippen LogP contribution >= 0.6 is 0 Å². The number of nitro groups is 1. The summed E-state index contributed by atoms with van der Waals surface area (Å²) in [6.07, 6.45) is 0. The first-order chi connectivity index (χ1) is 9.60. The lowest BCUT2D eigenvalue weighted by Gasteiger charge is -2.08. The second kappa shape index (κ2) is 6.12. The van der Waals surface area contributed by atoms with Crippen LogP contribution in [0, 0.1) is 15.9 Å². The van der Waals surface area contributed by atoms with Crippen molar-refractivity contribution in [3.63, 3.8) is 0 Å². The number of non-ortho nitro benzene ring substituents is 1. The van der Waals surface area contributed by atoms with Gasteiger partial charge in [-0.15, -0.1) is 0 Å². The molecule has 2 aromatic rings. The largest absolute Gasteiger partial charge is 0.454 e. The Morgan fingerprint density at radius 3 is 2.50 bits per heavy atom. The van der Waals surface area contributed by atoms with E-state index in [0.717, 1.165) is 5.56 Å². The van der Waals surface area contributed by atoms with Gasteiger partial charge in [0.2, 0.25) is 0 Å². The van der Waals surface area contributed by atoms with E-state index in [1.165, 1.54) is 36.4 Å². The highest BCUT2D eigenvalue weighted by Gasteiger charge is 2.08. The maximum absolute atomic E-state index is 13.8. The smallest absolute Gasteiger partial charge is 0.269 e. The standard InChI is InChI=1S/C14H13FN2O3/c1-16-9-10-2-7-14(13(15)8-10)20-12-5-3-11(4-6-12)17(18)19/h2-8,16H,9H2,1H3. The van der Waals surface area contributed by atoms with Crippen molar-refractivity contribution in [2.75, 3.05) is 7.05 Å². The van der Waals surface area contributed by atoms with E-state index in [4.69, 9.17) is 4.74 Å². The molecule has 0 atom stereocenters. The van der Waals surface area contributed by atoms with E-state index < -0.39 is 10.7 Å². The number of benzene rings is 2. The Kier molecular flexibility index (Phi) is 4.27. The Balaban J connectivity index is 2.15. The number of hydrogen-bond acceptors (Lipinski definition) is 4. The van der Waals surface area contributed by atoms with Crippen molar-refractivity contribution in [2.45, 2.75) is 6.54 Å². The molecule has 1 N–H and O–H groups in total. The molecule has 0 amide bonds. The number of ether oxygens (including phenoxy) is 1. The summed E-state index contributed by atoms with van der Waals surface area (Å²) in [5.74, 6) is -0.0503. The first-order valence-corrected chi connectivity index (χ1v) is 5.95. The lowest BCUT2D eigenvalue weighted by atomic mass is 10.2. The lowest BCUT2D eigenvalue weighted by molar-refractivity contribution is -0.384. The number of nitrogens with one attached hydrogen (secondary N) is 1. The lowest BCUT2D eigenvalue weighted by Crippen LogP contribution is -2.05.